The predicted octanol–water partition coefficient (Wildman–Crippen LogP) is 4.37. The highest BCUT2D eigenvalue weighted by Gasteiger charge is 2.33. The first-order valence-corrected chi connectivity index (χ1v) is 8.82. The molecule has 0 unspecified atom stereocenters. The quantitative estimate of drug-likeness (QED) is 0.568. The molecule has 3 rings (SSSR count). The fraction of sp³-hybridized carbons (Fsp3) is 0.0667. The Balaban J connectivity index is 1.79. The average Bonchev–Trinajstić information content (AvgIpc) is 3.00. The molecular weight excluding hydrogens is 432 g/mol. The minimum absolute atomic E-state index is 0.253. The summed E-state index contributed by atoms with van der Waals surface area (Å²) in [6.45, 7) is 0.253. The van der Waals surface area contributed by atoms with E-state index in [2.05, 4.69) is 37.2 Å². The van der Waals surface area contributed by atoms with Crippen molar-refractivity contribution in [3.8, 4) is 0 Å². The van der Waals surface area contributed by atoms with E-state index >= 15 is 0 Å². The van der Waals surface area contributed by atoms with E-state index in [1.165, 1.54) is 16.2 Å². The molecule has 0 spiro atoms. The molecule has 1 aromatic carbocycles. The highest BCUT2D eigenvalue weighted by atomic mass is 79.9. The third-order valence-electron chi connectivity index (χ3n) is 3.09. The van der Waals surface area contributed by atoms with E-state index < -0.39 is 6.03 Å². The lowest BCUT2D eigenvalue weighted by molar-refractivity contribution is -0.123. The molecule has 112 valence electrons. The van der Waals surface area contributed by atoms with E-state index in [1.807, 2.05) is 35.7 Å². The first-order chi connectivity index (χ1) is 10.5. The van der Waals surface area contributed by atoms with Crippen LogP contribution in [0, 0.1) is 0 Å². The lowest BCUT2D eigenvalue weighted by Crippen LogP contribution is -2.30. The Labute approximate surface area is 148 Å². The highest BCUT2D eigenvalue weighted by molar-refractivity contribution is 9.10. The van der Waals surface area contributed by atoms with Crippen molar-refractivity contribution in [2.24, 2.45) is 0 Å². The van der Waals surface area contributed by atoms with Gasteiger partial charge in [0.2, 0.25) is 0 Å². The van der Waals surface area contributed by atoms with Gasteiger partial charge in [-0.1, -0.05) is 28.1 Å². The van der Waals surface area contributed by atoms with E-state index in [4.69, 9.17) is 0 Å². The van der Waals surface area contributed by atoms with Crippen LogP contribution in [0.2, 0.25) is 0 Å². The summed E-state index contributed by atoms with van der Waals surface area (Å²) in [5.41, 5.74) is 1.20. The zero-order chi connectivity index (χ0) is 15.7. The number of rotatable bonds is 3. The first kappa shape index (κ1) is 15.5. The minimum Gasteiger partial charge on any atom is -0.303 e. The van der Waals surface area contributed by atoms with E-state index in [0.29, 0.717) is 5.70 Å². The topological polar surface area (TPSA) is 49.4 Å². The lowest BCUT2D eigenvalue weighted by Gasteiger charge is -2.11. The van der Waals surface area contributed by atoms with Crippen LogP contribution in [0.1, 0.15) is 10.4 Å². The Kier molecular flexibility index (Phi) is 4.46. The standard InChI is InChI=1S/C15H10Br2N2O2S/c16-10-3-1-9(2-4-10)7-19-14(20)13(18-15(19)21)6-12-5-11(17)8-22-12/h1-6,8H,7H2,(H,18,21)/b13-6-. The van der Waals surface area contributed by atoms with Crippen molar-refractivity contribution in [2.75, 3.05) is 0 Å². The van der Waals surface area contributed by atoms with Crippen LogP contribution in [0.25, 0.3) is 6.08 Å². The molecule has 2 heterocycles. The molecule has 0 radical (unpaired) electrons. The Hall–Kier alpha value is -1.44. The zero-order valence-electron chi connectivity index (χ0n) is 11.2. The monoisotopic (exact) mass is 440 g/mol. The van der Waals surface area contributed by atoms with E-state index in [-0.39, 0.29) is 12.5 Å². The summed E-state index contributed by atoms with van der Waals surface area (Å²) >= 11 is 8.22. The van der Waals surface area contributed by atoms with Gasteiger partial charge in [-0.3, -0.25) is 9.69 Å². The van der Waals surface area contributed by atoms with Gasteiger partial charge in [0, 0.05) is 19.2 Å². The van der Waals surface area contributed by atoms with Crippen LogP contribution in [0.5, 0.6) is 0 Å². The van der Waals surface area contributed by atoms with Crippen LogP contribution >= 0.6 is 43.2 Å². The molecule has 4 nitrogen and oxygen atoms in total. The van der Waals surface area contributed by atoms with Crippen molar-refractivity contribution in [3.05, 3.63) is 60.8 Å². The van der Waals surface area contributed by atoms with Crippen molar-refractivity contribution in [2.45, 2.75) is 6.54 Å². The summed E-state index contributed by atoms with van der Waals surface area (Å²) in [5.74, 6) is -0.308. The molecule has 0 bridgehead atoms. The van der Waals surface area contributed by atoms with Gasteiger partial charge in [-0.05, 0) is 45.8 Å². The Morgan fingerprint density at radius 2 is 1.86 bits per heavy atom. The second kappa shape index (κ2) is 6.36. The summed E-state index contributed by atoms with van der Waals surface area (Å²) in [5, 5.41) is 4.55. The normalized spacial score (nSPS) is 16.5. The molecule has 7 heteroatoms. The molecule has 1 aliphatic rings. The van der Waals surface area contributed by atoms with Crippen molar-refractivity contribution in [1.29, 1.82) is 0 Å². The maximum Gasteiger partial charge on any atom is 0.329 e. The lowest BCUT2D eigenvalue weighted by atomic mass is 10.2. The maximum absolute atomic E-state index is 12.4. The number of hydrogen-bond donors (Lipinski definition) is 1. The zero-order valence-corrected chi connectivity index (χ0v) is 15.2. The number of amides is 3. The molecular formula is C15H10Br2N2O2S. The van der Waals surface area contributed by atoms with Crippen LogP contribution in [0.4, 0.5) is 4.79 Å². The molecule has 1 saturated heterocycles. The number of nitrogens with zero attached hydrogens (tertiary/aromatic N) is 1. The molecule has 22 heavy (non-hydrogen) atoms. The van der Waals surface area contributed by atoms with Gasteiger partial charge in [-0.15, -0.1) is 11.3 Å². The number of carbonyl (C=O) groups excluding carboxylic acids is 2. The second-order valence-corrected chi connectivity index (χ2v) is 7.45. The number of urea groups is 1. The molecule has 1 aliphatic heterocycles. The first-order valence-electron chi connectivity index (χ1n) is 6.36. The maximum atomic E-state index is 12.4. The Morgan fingerprint density at radius 1 is 1.14 bits per heavy atom. The average molecular weight is 442 g/mol. The van der Waals surface area contributed by atoms with Gasteiger partial charge < -0.3 is 5.32 Å². The number of carbonyl (C=O) groups is 2. The van der Waals surface area contributed by atoms with Gasteiger partial charge >= 0.3 is 6.03 Å². The molecule has 0 saturated carbocycles. The molecule has 3 amide bonds. The SMILES string of the molecule is O=C1N/C(=C\c2cc(Br)cs2)C(=O)N1Cc1ccc(Br)cc1. The van der Waals surface area contributed by atoms with Gasteiger partial charge in [0.25, 0.3) is 5.91 Å². The van der Waals surface area contributed by atoms with Gasteiger partial charge in [0.15, 0.2) is 0 Å². The third-order valence-corrected chi connectivity index (χ3v) is 5.26. The van der Waals surface area contributed by atoms with Crippen molar-refractivity contribution >= 4 is 61.2 Å². The molecule has 0 atom stereocenters. The number of nitrogens with one attached hydrogen (secondary N) is 1. The predicted molar refractivity (Wildman–Crippen MR) is 93.2 cm³/mol. The van der Waals surface area contributed by atoms with Crippen molar-refractivity contribution < 1.29 is 9.59 Å². The fourth-order valence-corrected chi connectivity index (χ4v) is 3.67. The number of benzene rings is 1. The van der Waals surface area contributed by atoms with Crippen LogP contribution in [0.15, 0.2) is 50.4 Å². The molecule has 1 aromatic heterocycles. The fourth-order valence-electron chi connectivity index (χ4n) is 2.03. The Bertz CT molecular complexity index is 768. The van der Waals surface area contributed by atoms with Crippen molar-refractivity contribution in [1.82, 2.24) is 10.2 Å². The number of thiophene rings is 1. The van der Waals surface area contributed by atoms with Gasteiger partial charge in [-0.25, -0.2) is 4.79 Å². The van der Waals surface area contributed by atoms with Crippen LogP contribution in [-0.2, 0) is 11.3 Å². The largest absolute Gasteiger partial charge is 0.329 e. The number of hydrogen-bond acceptors (Lipinski definition) is 3. The van der Waals surface area contributed by atoms with Crippen LogP contribution in [0.3, 0.4) is 0 Å². The number of halogens is 2. The molecule has 1 N–H and O–H groups in total. The second-order valence-electron chi connectivity index (χ2n) is 4.67. The smallest absolute Gasteiger partial charge is 0.303 e. The van der Waals surface area contributed by atoms with E-state index in [0.717, 1.165) is 19.4 Å². The van der Waals surface area contributed by atoms with Crippen LogP contribution < -0.4 is 5.32 Å². The molecule has 0 aliphatic carbocycles. The van der Waals surface area contributed by atoms with Gasteiger partial charge in [0.1, 0.15) is 5.70 Å². The summed E-state index contributed by atoms with van der Waals surface area (Å²) in [7, 11) is 0. The molecule has 2 aromatic rings. The van der Waals surface area contributed by atoms with Gasteiger partial charge in [0.05, 0.1) is 6.54 Å². The Morgan fingerprint density at radius 3 is 2.50 bits per heavy atom. The van der Waals surface area contributed by atoms with E-state index in [1.54, 1.807) is 6.08 Å². The third kappa shape index (κ3) is 3.31. The summed E-state index contributed by atoms with van der Waals surface area (Å²) in [4.78, 5) is 26.5. The van der Waals surface area contributed by atoms with Crippen molar-refractivity contribution in [3.63, 3.8) is 0 Å². The van der Waals surface area contributed by atoms with Crippen LogP contribution in [-0.4, -0.2) is 16.8 Å². The molecule has 1 fully saturated rings. The summed E-state index contributed by atoms with van der Waals surface area (Å²) < 4.78 is 1.91. The summed E-state index contributed by atoms with van der Waals surface area (Å²) in [6, 6.07) is 9.02. The minimum atomic E-state index is -0.394. The summed E-state index contributed by atoms with van der Waals surface area (Å²) in [6.07, 6.45) is 1.69. The highest BCUT2D eigenvalue weighted by Crippen LogP contribution is 2.24. The number of imide groups is 1. The van der Waals surface area contributed by atoms with E-state index in [9.17, 15) is 9.59 Å². The van der Waals surface area contributed by atoms with Gasteiger partial charge in [-0.2, -0.15) is 0 Å².